The summed E-state index contributed by atoms with van der Waals surface area (Å²) in [4.78, 5) is 24.3. The van der Waals surface area contributed by atoms with Crippen molar-refractivity contribution in [3.05, 3.63) is 117 Å². The average molecular weight is 634 g/mol. The van der Waals surface area contributed by atoms with Crippen molar-refractivity contribution >= 4 is 68.5 Å². The summed E-state index contributed by atoms with van der Waals surface area (Å²) in [5.74, 6) is -1.48. The minimum atomic E-state index is -3.96. The van der Waals surface area contributed by atoms with Gasteiger partial charge < -0.3 is 9.73 Å². The number of halogens is 3. The van der Waals surface area contributed by atoms with Crippen molar-refractivity contribution in [1.29, 1.82) is 0 Å². The molecule has 41 heavy (non-hydrogen) atoms. The number of hydrogen-bond acceptors (Lipinski definition) is 6. The normalized spacial score (nSPS) is 11.6. The molecule has 0 saturated heterocycles. The lowest BCUT2D eigenvalue weighted by Gasteiger charge is -2.22. The van der Waals surface area contributed by atoms with E-state index in [9.17, 15) is 18.0 Å². The van der Waals surface area contributed by atoms with Gasteiger partial charge >= 0.3 is 11.8 Å². The number of amides is 2. The smallest absolute Gasteiger partial charge is 0.329 e. The third-order valence-electron chi connectivity index (χ3n) is 5.72. The van der Waals surface area contributed by atoms with Gasteiger partial charge in [0.25, 0.3) is 0 Å². The quantitative estimate of drug-likeness (QED) is 0.133. The van der Waals surface area contributed by atoms with Gasteiger partial charge in [-0.25, -0.2) is 13.8 Å². The zero-order valence-electron chi connectivity index (χ0n) is 21.5. The summed E-state index contributed by atoms with van der Waals surface area (Å²) < 4.78 is 34.1. The number of benzene rings is 3. The van der Waals surface area contributed by atoms with Crippen LogP contribution in [0.15, 0.2) is 93.3 Å². The first-order chi connectivity index (χ1) is 19.5. The largest absolute Gasteiger partial charge is 0.459 e. The predicted molar refractivity (Wildman–Crippen MR) is 159 cm³/mol. The predicted octanol–water partition coefficient (Wildman–Crippen LogP) is 6.03. The van der Waals surface area contributed by atoms with Gasteiger partial charge in [0.15, 0.2) is 0 Å². The van der Waals surface area contributed by atoms with Gasteiger partial charge in [0.1, 0.15) is 11.5 Å². The standard InChI is InChI=1S/C28H23Cl3N4O5S/c1-18-6-12-23(13-7-18)41(38,39)35(16-19-8-9-20(29)14-25(19)31)17-22-11-10-21(40-22)15-32-34-28(37)27(36)33-26-5-3-2-4-24(26)30/h2-15H,16-17H2,1H3,(H,33,36)(H,34,37)/b32-15+. The molecule has 212 valence electrons. The highest BCUT2D eigenvalue weighted by Gasteiger charge is 2.27. The molecule has 0 aliphatic heterocycles. The molecular weight excluding hydrogens is 611 g/mol. The molecular formula is C28H23Cl3N4O5S. The number of nitrogens with one attached hydrogen (secondary N) is 2. The van der Waals surface area contributed by atoms with Crippen molar-refractivity contribution in [1.82, 2.24) is 9.73 Å². The summed E-state index contributed by atoms with van der Waals surface area (Å²) in [6, 6.07) is 20.9. The molecule has 3 aromatic carbocycles. The summed E-state index contributed by atoms with van der Waals surface area (Å²) in [6.07, 6.45) is 1.18. The Balaban J connectivity index is 1.47. The molecule has 1 aromatic heterocycles. The van der Waals surface area contributed by atoms with Gasteiger partial charge in [-0.3, -0.25) is 9.59 Å². The first kappa shape index (κ1) is 30.3. The van der Waals surface area contributed by atoms with E-state index < -0.39 is 21.8 Å². The molecule has 1 heterocycles. The van der Waals surface area contributed by atoms with Gasteiger partial charge in [0.05, 0.1) is 28.4 Å². The van der Waals surface area contributed by atoms with Crippen molar-refractivity contribution in [2.75, 3.05) is 5.32 Å². The van der Waals surface area contributed by atoms with E-state index in [-0.39, 0.29) is 34.5 Å². The van der Waals surface area contributed by atoms with Crippen LogP contribution in [-0.2, 0) is 32.7 Å². The number of sulfonamides is 1. The highest BCUT2D eigenvalue weighted by Crippen LogP contribution is 2.27. The van der Waals surface area contributed by atoms with E-state index in [1.807, 2.05) is 6.92 Å². The molecule has 13 heteroatoms. The third kappa shape index (κ3) is 7.96. The Morgan fingerprint density at radius 2 is 1.63 bits per heavy atom. The van der Waals surface area contributed by atoms with Crippen molar-refractivity contribution in [3.63, 3.8) is 0 Å². The van der Waals surface area contributed by atoms with E-state index in [2.05, 4.69) is 15.8 Å². The van der Waals surface area contributed by atoms with Crippen LogP contribution in [0.25, 0.3) is 0 Å². The van der Waals surface area contributed by atoms with Gasteiger partial charge in [0.2, 0.25) is 10.0 Å². The van der Waals surface area contributed by atoms with Crippen molar-refractivity contribution in [3.8, 4) is 0 Å². The van der Waals surface area contributed by atoms with Crippen LogP contribution in [0, 0.1) is 6.92 Å². The topological polar surface area (TPSA) is 121 Å². The van der Waals surface area contributed by atoms with Gasteiger partial charge in [-0.2, -0.15) is 9.41 Å². The Labute approximate surface area is 251 Å². The molecule has 0 aliphatic rings. The Kier molecular flexibility index (Phi) is 9.85. The molecule has 4 aromatic rings. The number of carbonyl (C=O) groups excluding carboxylic acids is 2. The van der Waals surface area contributed by atoms with E-state index in [1.165, 1.54) is 22.7 Å². The van der Waals surface area contributed by atoms with E-state index in [0.29, 0.717) is 21.4 Å². The number of hydrazone groups is 1. The monoisotopic (exact) mass is 632 g/mol. The summed E-state index contributed by atoms with van der Waals surface area (Å²) in [6.45, 7) is 1.68. The number of hydrogen-bond donors (Lipinski definition) is 2. The second kappa shape index (κ2) is 13.3. The summed E-state index contributed by atoms with van der Waals surface area (Å²) >= 11 is 18.3. The second-order valence-corrected chi connectivity index (χ2v) is 11.9. The molecule has 0 saturated carbocycles. The summed E-state index contributed by atoms with van der Waals surface area (Å²) in [7, 11) is -3.96. The fraction of sp³-hybridized carbons (Fsp3) is 0.107. The minimum absolute atomic E-state index is 0.0487. The molecule has 4 rings (SSSR count). The molecule has 0 radical (unpaired) electrons. The van der Waals surface area contributed by atoms with Crippen LogP contribution in [0.3, 0.4) is 0 Å². The first-order valence-corrected chi connectivity index (χ1v) is 14.6. The van der Waals surface area contributed by atoms with Crippen molar-refractivity contribution in [2.45, 2.75) is 24.9 Å². The molecule has 0 aliphatic carbocycles. The summed E-state index contributed by atoms with van der Waals surface area (Å²) in [5.41, 5.74) is 3.84. The van der Waals surface area contributed by atoms with Gasteiger partial charge in [-0.05, 0) is 61.0 Å². The van der Waals surface area contributed by atoms with Crippen LogP contribution in [0.1, 0.15) is 22.6 Å². The number of furan rings is 1. The van der Waals surface area contributed by atoms with Crippen molar-refractivity contribution < 1.29 is 22.4 Å². The fourth-order valence-electron chi connectivity index (χ4n) is 3.59. The van der Waals surface area contributed by atoms with E-state index in [0.717, 1.165) is 5.56 Å². The molecule has 2 N–H and O–H groups in total. The Bertz CT molecular complexity index is 1710. The van der Waals surface area contributed by atoms with E-state index >= 15 is 0 Å². The zero-order chi connectivity index (χ0) is 29.6. The summed E-state index contributed by atoms with van der Waals surface area (Å²) in [5, 5.41) is 7.14. The Morgan fingerprint density at radius 3 is 2.34 bits per heavy atom. The zero-order valence-corrected chi connectivity index (χ0v) is 24.6. The van der Waals surface area contributed by atoms with Crippen LogP contribution >= 0.6 is 34.8 Å². The maximum absolute atomic E-state index is 13.6. The molecule has 9 nitrogen and oxygen atoms in total. The SMILES string of the molecule is Cc1ccc(S(=O)(=O)N(Cc2ccc(/C=N/NC(=O)C(=O)Nc3ccccc3Cl)o2)Cc2ccc(Cl)cc2Cl)cc1. The minimum Gasteiger partial charge on any atom is -0.459 e. The molecule has 0 spiro atoms. The number of anilines is 1. The molecule has 0 atom stereocenters. The van der Waals surface area contributed by atoms with Crippen LogP contribution < -0.4 is 10.7 Å². The lowest BCUT2D eigenvalue weighted by molar-refractivity contribution is -0.136. The van der Waals surface area contributed by atoms with Crippen molar-refractivity contribution in [2.24, 2.45) is 5.10 Å². The number of aryl methyl sites for hydroxylation is 1. The number of carbonyl (C=O) groups is 2. The molecule has 0 unspecified atom stereocenters. The van der Waals surface area contributed by atoms with E-state index in [1.54, 1.807) is 66.7 Å². The Morgan fingerprint density at radius 1 is 0.902 bits per heavy atom. The van der Waals surface area contributed by atoms with Crippen LogP contribution in [0.4, 0.5) is 5.69 Å². The lowest BCUT2D eigenvalue weighted by Crippen LogP contribution is -2.32. The van der Waals surface area contributed by atoms with Gasteiger partial charge in [-0.1, -0.05) is 70.7 Å². The highest BCUT2D eigenvalue weighted by molar-refractivity contribution is 7.89. The first-order valence-electron chi connectivity index (χ1n) is 12.0. The number of para-hydroxylation sites is 1. The molecule has 0 bridgehead atoms. The number of rotatable bonds is 9. The van der Waals surface area contributed by atoms with Gasteiger partial charge in [0, 0.05) is 16.6 Å². The lowest BCUT2D eigenvalue weighted by atomic mass is 10.2. The maximum Gasteiger partial charge on any atom is 0.329 e. The maximum atomic E-state index is 13.6. The third-order valence-corrected chi connectivity index (χ3v) is 8.44. The second-order valence-electron chi connectivity index (χ2n) is 8.76. The number of nitrogens with zero attached hydrogens (tertiary/aromatic N) is 2. The van der Waals surface area contributed by atoms with Crippen LogP contribution in [0.5, 0.6) is 0 Å². The Hall–Kier alpha value is -3.67. The highest BCUT2D eigenvalue weighted by atomic mass is 35.5. The fourth-order valence-corrected chi connectivity index (χ4v) is 5.63. The van der Waals surface area contributed by atoms with Crippen LogP contribution in [-0.4, -0.2) is 30.8 Å². The molecule has 0 fully saturated rings. The molecule has 2 amide bonds. The van der Waals surface area contributed by atoms with E-state index in [4.69, 9.17) is 39.2 Å². The van der Waals surface area contributed by atoms with Crippen LogP contribution in [0.2, 0.25) is 15.1 Å². The van der Waals surface area contributed by atoms with Gasteiger partial charge in [-0.15, -0.1) is 0 Å². The average Bonchev–Trinajstić information content (AvgIpc) is 3.38.